The maximum absolute atomic E-state index is 11.9. The highest BCUT2D eigenvalue weighted by atomic mass is 16.5. The number of hydrogen-bond donors (Lipinski definition) is 0. The Balaban J connectivity index is 2.01. The first-order valence-corrected chi connectivity index (χ1v) is 6.52. The number of amides is 1. The Morgan fingerprint density at radius 1 is 1.42 bits per heavy atom. The summed E-state index contributed by atoms with van der Waals surface area (Å²) in [6, 6.07) is 7.67. The van der Waals surface area contributed by atoms with E-state index in [0.717, 1.165) is 17.5 Å². The van der Waals surface area contributed by atoms with Crippen LogP contribution in [-0.2, 0) is 9.53 Å². The van der Waals surface area contributed by atoms with Crippen molar-refractivity contribution in [1.82, 2.24) is 19.9 Å². The quantitative estimate of drug-likeness (QED) is 0.836. The summed E-state index contributed by atoms with van der Waals surface area (Å²) in [4.78, 5) is 13.6. The van der Waals surface area contributed by atoms with Crippen LogP contribution in [0.2, 0.25) is 0 Å². The van der Waals surface area contributed by atoms with Gasteiger partial charge in [-0.2, -0.15) is 4.68 Å². The first-order valence-electron chi connectivity index (χ1n) is 6.52. The summed E-state index contributed by atoms with van der Waals surface area (Å²) < 4.78 is 7.40. The molecular weight excluding hydrogens is 244 g/mol. The maximum atomic E-state index is 11.9. The van der Waals surface area contributed by atoms with Gasteiger partial charge >= 0.3 is 0 Å². The Morgan fingerprint density at radius 2 is 2.26 bits per heavy atom. The van der Waals surface area contributed by atoms with E-state index in [0.29, 0.717) is 19.6 Å². The van der Waals surface area contributed by atoms with Crippen molar-refractivity contribution in [2.75, 3.05) is 13.2 Å². The summed E-state index contributed by atoms with van der Waals surface area (Å²) in [7, 11) is 0. The molecule has 0 bridgehead atoms. The monoisotopic (exact) mass is 260 g/mol. The zero-order valence-electron chi connectivity index (χ0n) is 10.8. The Bertz CT molecular complexity index is 595. The molecule has 3 rings (SSSR count). The predicted octanol–water partition coefficient (Wildman–Crippen LogP) is 1.55. The van der Waals surface area contributed by atoms with E-state index in [-0.39, 0.29) is 5.91 Å². The van der Waals surface area contributed by atoms with Crippen LogP contribution >= 0.6 is 0 Å². The standard InChI is InChI=1S/C13H16N4O2/c1-2-19-13(16-9-5-8-12(16)18)17-11-7-4-3-6-10(11)14-15-17/h3-4,6-7,13H,2,5,8-9H2,1H3. The highest BCUT2D eigenvalue weighted by Gasteiger charge is 2.31. The fourth-order valence-corrected chi connectivity index (χ4v) is 2.39. The molecule has 100 valence electrons. The molecule has 2 heterocycles. The van der Waals surface area contributed by atoms with Crippen LogP contribution < -0.4 is 0 Å². The minimum atomic E-state index is -0.493. The molecule has 0 spiro atoms. The molecule has 0 saturated carbocycles. The maximum Gasteiger partial charge on any atom is 0.234 e. The number of carbonyl (C=O) groups excluding carboxylic acids is 1. The van der Waals surface area contributed by atoms with Gasteiger partial charge in [-0.3, -0.25) is 9.69 Å². The fraction of sp³-hybridized carbons (Fsp3) is 0.462. The van der Waals surface area contributed by atoms with E-state index in [9.17, 15) is 4.79 Å². The number of likely N-dealkylation sites (tertiary alicyclic amines) is 1. The first-order chi connectivity index (χ1) is 9.31. The van der Waals surface area contributed by atoms with Gasteiger partial charge in [0.1, 0.15) is 5.52 Å². The van der Waals surface area contributed by atoms with Crippen molar-refractivity contribution >= 4 is 16.9 Å². The summed E-state index contributed by atoms with van der Waals surface area (Å²) in [5.74, 6) is 0.109. The lowest BCUT2D eigenvalue weighted by Gasteiger charge is -2.27. The topological polar surface area (TPSA) is 60.2 Å². The van der Waals surface area contributed by atoms with E-state index in [2.05, 4.69) is 10.3 Å². The molecule has 0 radical (unpaired) electrons. The van der Waals surface area contributed by atoms with Crippen molar-refractivity contribution in [3.8, 4) is 0 Å². The molecule has 1 atom stereocenters. The van der Waals surface area contributed by atoms with Crippen LogP contribution in [-0.4, -0.2) is 39.0 Å². The summed E-state index contributed by atoms with van der Waals surface area (Å²) in [5.41, 5.74) is 1.68. The normalized spacial score (nSPS) is 17.3. The van der Waals surface area contributed by atoms with Crippen LogP contribution in [0.5, 0.6) is 0 Å². The average molecular weight is 260 g/mol. The van der Waals surface area contributed by atoms with Gasteiger partial charge < -0.3 is 4.74 Å². The van der Waals surface area contributed by atoms with Gasteiger partial charge in [0, 0.05) is 19.6 Å². The smallest absolute Gasteiger partial charge is 0.234 e. The number of carbonyl (C=O) groups is 1. The molecule has 19 heavy (non-hydrogen) atoms. The zero-order chi connectivity index (χ0) is 13.2. The first kappa shape index (κ1) is 12.1. The average Bonchev–Trinajstić information content (AvgIpc) is 3.03. The summed E-state index contributed by atoms with van der Waals surface area (Å²) in [6.45, 7) is 3.13. The van der Waals surface area contributed by atoms with Crippen LogP contribution in [0.3, 0.4) is 0 Å². The molecule has 1 saturated heterocycles. The molecule has 1 aliphatic heterocycles. The molecule has 0 aliphatic carbocycles. The lowest BCUT2D eigenvalue weighted by Crippen LogP contribution is -2.36. The molecule has 2 aromatic rings. The van der Waals surface area contributed by atoms with Gasteiger partial charge in [-0.15, -0.1) is 5.10 Å². The number of rotatable bonds is 4. The predicted molar refractivity (Wildman–Crippen MR) is 69.1 cm³/mol. The lowest BCUT2D eigenvalue weighted by atomic mass is 10.3. The van der Waals surface area contributed by atoms with Crippen LogP contribution in [0.15, 0.2) is 24.3 Å². The minimum Gasteiger partial charge on any atom is -0.339 e. The largest absolute Gasteiger partial charge is 0.339 e. The molecular formula is C13H16N4O2. The molecule has 1 aliphatic rings. The third kappa shape index (κ3) is 2.08. The third-order valence-corrected chi connectivity index (χ3v) is 3.28. The van der Waals surface area contributed by atoms with Crippen molar-refractivity contribution in [1.29, 1.82) is 0 Å². The van der Waals surface area contributed by atoms with Crippen molar-refractivity contribution in [3.05, 3.63) is 24.3 Å². The third-order valence-electron chi connectivity index (χ3n) is 3.28. The highest BCUT2D eigenvalue weighted by molar-refractivity contribution is 5.78. The Kier molecular flexibility index (Phi) is 3.16. The second-order valence-electron chi connectivity index (χ2n) is 4.50. The molecule has 0 N–H and O–H groups in total. The van der Waals surface area contributed by atoms with Gasteiger partial charge in [-0.05, 0) is 25.5 Å². The highest BCUT2D eigenvalue weighted by Crippen LogP contribution is 2.24. The molecule has 1 aromatic carbocycles. The van der Waals surface area contributed by atoms with Crippen molar-refractivity contribution < 1.29 is 9.53 Å². The van der Waals surface area contributed by atoms with Gasteiger partial charge in [-0.1, -0.05) is 17.3 Å². The Labute approximate surface area is 110 Å². The number of nitrogens with zero attached hydrogens (tertiary/aromatic N) is 4. The molecule has 1 unspecified atom stereocenters. The Hall–Kier alpha value is -1.95. The fourth-order valence-electron chi connectivity index (χ4n) is 2.39. The second kappa shape index (κ2) is 4.97. The van der Waals surface area contributed by atoms with Gasteiger partial charge in [0.2, 0.25) is 12.3 Å². The number of aromatic nitrogens is 3. The number of benzene rings is 1. The number of fused-ring (bicyclic) bond motifs is 1. The van der Waals surface area contributed by atoms with Crippen molar-refractivity contribution in [2.45, 2.75) is 26.1 Å². The van der Waals surface area contributed by atoms with E-state index >= 15 is 0 Å². The number of hydrogen-bond acceptors (Lipinski definition) is 4. The van der Waals surface area contributed by atoms with Crippen LogP contribution in [0.1, 0.15) is 26.1 Å². The molecule has 6 heteroatoms. The van der Waals surface area contributed by atoms with Crippen LogP contribution in [0.25, 0.3) is 11.0 Å². The minimum absolute atomic E-state index is 0.109. The van der Waals surface area contributed by atoms with E-state index < -0.39 is 6.35 Å². The summed E-state index contributed by atoms with van der Waals surface area (Å²) in [5, 5.41) is 8.25. The Morgan fingerprint density at radius 3 is 3.00 bits per heavy atom. The number of para-hydroxylation sites is 1. The second-order valence-corrected chi connectivity index (χ2v) is 4.50. The van der Waals surface area contributed by atoms with Crippen LogP contribution in [0, 0.1) is 0 Å². The molecule has 1 aromatic heterocycles. The van der Waals surface area contributed by atoms with E-state index in [1.807, 2.05) is 31.2 Å². The number of ether oxygens (including phenoxy) is 1. The molecule has 6 nitrogen and oxygen atoms in total. The van der Waals surface area contributed by atoms with E-state index in [4.69, 9.17) is 4.74 Å². The SMILES string of the molecule is CCOC(N1CCCC1=O)n1nnc2ccccc21. The lowest BCUT2D eigenvalue weighted by molar-refractivity contribution is -0.152. The zero-order valence-corrected chi connectivity index (χ0v) is 10.8. The van der Waals surface area contributed by atoms with Gasteiger partial charge in [0.25, 0.3) is 0 Å². The van der Waals surface area contributed by atoms with Crippen molar-refractivity contribution in [3.63, 3.8) is 0 Å². The van der Waals surface area contributed by atoms with Gasteiger partial charge in [-0.25, -0.2) is 0 Å². The van der Waals surface area contributed by atoms with Crippen LogP contribution in [0.4, 0.5) is 0 Å². The molecule has 1 amide bonds. The van der Waals surface area contributed by atoms with E-state index in [1.54, 1.807) is 9.58 Å². The molecule has 1 fully saturated rings. The van der Waals surface area contributed by atoms with Gasteiger partial charge in [0.05, 0.1) is 5.52 Å². The van der Waals surface area contributed by atoms with E-state index in [1.165, 1.54) is 0 Å². The van der Waals surface area contributed by atoms with Gasteiger partial charge in [0.15, 0.2) is 0 Å². The summed E-state index contributed by atoms with van der Waals surface area (Å²) in [6.07, 6.45) is 0.956. The summed E-state index contributed by atoms with van der Waals surface area (Å²) >= 11 is 0. The van der Waals surface area contributed by atoms with Crippen molar-refractivity contribution in [2.24, 2.45) is 0 Å².